The SMILES string of the molecule is CCOc1ccnc(Cl)c1C(=O)NC(C)c1ccc(F)cc1. The van der Waals surface area contributed by atoms with Crippen molar-refractivity contribution < 1.29 is 13.9 Å². The molecule has 1 aromatic heterocycles. The molecule has 0 fully saturated rings. The number of nitrogens with one attached hydrogen (secondary N) is 1. The van der Waals surface area contributed by atoms with Crippen LogP contribution in [0.5, 0.6) is 5.75 Å². The van der Waals surface area contributed by atoms with Gasteiger partial charge in [0.05, 0.1) is 12.6 Å². The van der Waals surface area contributed by atoms with Crippen molar-refractivity contribution in [2.24, 2.45) is 0 Å². The molecule has 1 heterocycles. The van der Waals surface area contributed by atoms with E-state index in [1.807, 2.05) is 6.92 Å². The smallest absolute Gasteiger partial charge is 0.258 e. The number of pyridine rings is 1. The molecule has 0 saturated heterocycles. The summed E-state index contributed by atoms with van der Waals surface area (Å²) in [6, 6.07) is 7.22. The Labute approximate surface area is 133 Å². The maximum absolute atomic E-state index is 12.9. The Kier molecular flexibility index (Phi) is 5.33. The first-order chi connectivity index (χ1) is 10.5. The van der Waals surface area contributed by atoms with Crippen molar-refractivity contribution in [3.8, 4) is 5.75 Å². The fraction of sp³-hybridized carbons (Fsp3) is 0.250. The fourth-order valence-corrected chi connectivity index (χ4v) is 2.24. The Morgan fingerprint density at radius 1 is 1.36 bits per heavy atom. The largest absolute Gasteiger partial charge is 0.493 e. The van der Waals surface area contributed by atoms with Gasteiger partial charge >= 0.3 is 0 Å². The van der Waals surface area contributed by atoms with Crippen LogP contribution in [0.4, 0.5) is 4.39 Å². The molecule has 4 nitrogen and oxygen atoms in total. The monoisotopic (exact) mass is 322 g/mol. The summed E-state index contributed by atoms with van der Waals surface area (Å²) in [5.74, 6) is -0.333. The molecule has 116 valence electrons. The third-order valence-corrected chi connectivity index (χ3v) is 3.40. The van der Waals surface area contributed by atoms with Crippen LogP contribution in [0.1, 0.15) is 35.8 Å². The topological polar surface area (TPSA) is 51.2 Å². The molecule has 22 heavy (non-hydrogen) atoms. The lowest BCUT2D eigenvalue weighted by atomic mass is 10.1. The van der Waals surface area contributed by atoms with Gasteiger partial charge in [-0.05, 0) is 37.6 Å². The molecule has 0 spiro atoms. The summed E-state index contributed by atoms with van der Waals surface area (Å²) in [6.45, 7) is 4.03. The molecule has 1 atom stereocenters. The molecule has 2 rings (SSSR count). The predicted molar refractivity (Wildman–Crippen MR) is 82.7 cm³/mol. The van der Waals surface area contributed by atoms with E-state index in [1.54, 1.807) is 25.1 Å². The van der Waals surface area contributed by atoms with Crippen molar-refractivity contribution in [1.82, 2.24) is 10.3 Å². The minimum Gasteiger partial charge on any atom is -0.493 e. The van der Waals surface area contributed by atoms with E-state index in [-0.39, 0.29) is 22.6 Å². The fourth-order valence-electron chi connectivity index (χ4n) is 2.00. The minimum atomic E-state index is -0.390. The molecule has 1 N–H and O–H groups in total. The van der Waals surface area contributed by atoms with Gasteiger partial charge in [0.1, 0.15) is 22.3 Å². The third-order valence-electron chi connectivity index (χ3n) is 3.11. The van der Waals surface area contributed by atoms with Crippen LogP contribution in [0.15, 0.2) is 36.5 Å². The van der Waals surface area contributed by atoms with Crippen LogP contribution in [0.3, 0.4) is 0 Å². The summed E-state index contributed by atoms with van der Waals surface area (Å²) < 4.78 is 18.3. The third kappa shape index (κ3) is 3.74. The van der Waals surface area contributed by atoms with E-state index in [1.165, 1.54) is 18.3 Å². The van der Waals surface area contributed by atoms with E-state index in [0.29, 0.717) is 12.4 Å². The Balaban J connectivity index is 2.20. The van der Waals surface area contributed by atoms with Crippen LogP contribution < -0.4 is 10.1 Å². The molecule has 6 heteroatoms. The normalized spacial score (nSPS) is 11.8. The van der Waals surface area contributed by atoms with Crippen LogP contribution in [-0.2, 0) is 0 Å². The molecule has 0 radical (unpaired) electrons. The second-order valence-electron chi connectivity index (χ2n) is 4.65. The second-order valence-corrected chi connectivity index (χ2v) is 5.01. The molecule has 1 amide bonds. The number of nitrogens with zero attached hydrogens (tertiary/aromatic N) is 1. The number of ether oxygens (including phenoxy) is 1. The molecule has 1 aromatic carbocycles. The van der Waals surface area contributed by atoms with Crippen LogP contribution in [0, 0.1) is 5.82 Å². The average molecular weight is 323 g/mol. The van der Waals surface area contributed by atoms with E-state index in [2.05, 4.69) is 10.3 Å². The Hall–Kier alpha value is -2.14. The van der Waals surface area contributed by atoms with Crippen molar-refractivity contribution in [2.75, 3.05) is 6.61 Å². The van der Waals surface area contributed by atoms with Crippen molar-refractivity contribution in [2.45, 2.75) is 19.9 Å². The quantitative estimate of drug-likeness (QED) is 0.853. The Morgan fingerprint density at radius 2 is 2.05 bits per heavy atom. The maximum atomic E-state index is 12.9. The van der Waals surface area contributed by atoms with E-state index in [9.17, 15) is 9.18 Å². The number of benzene rings is 1. The van der Waals surface area contributed by atoms with E-state index < -0.39 is 5.91 Å². The van der Waals surface area contributed by atoms with Gasteiger partial charge in [-0.3, -0.25) is 4.79 Å². The highest BCUT2D eigenvalue weighted by molar-refractivity contribution is 6.33. The standard InChI is InChI=1S/C16H16ClFN2O2/c1-3-22-13-8-9-19-15(17)14(13)16(21)20-10(2)11-4-6-12(18)7-5-11/h4-10H,3H2,1-2H3,(H,20,21). The number of aromatic nitrogens is 1. The Morgan fingerprint density at radius 3 is 2.68 bits per heavy atom. The zero-order valence-corrected chi connectivity index (χ0v) is 13.0. The van der Waals surface area contributed by atoms with E-state index in [0.717, 1.165) is 5.56 Å². The van der Waals surface area contributed by atoms with Gasteiger partial charge in [-0.25, -0.2) is 9.37 Å². The summed E-state index contributed by atoms with van der Waals surface area (Å²) in [6.07, 6.45) is 1.48. The summed E-state index contributed by atoms with van der Waals surface area (Å²) in [4.78, 5) is 16.3. The van der Waals surface area contributed by atoms with Gasteiger partial charge in [0.25, 0.3) is 5.91 Å². The van der Waals surface area contributed by atoms with Gasteiger partial charge in [-0.2, -0.15) is 0 Å². The maximum Gasteiger partial charge on any atom is 0.258 e. The van der Waals surface area contributed by atoms with Crippen LogP contribution in [0.2, 0.25) is 5.15 Å². The molecule has 2 aromatic rings. The number of halogens is 2. The molecule has 0 aliphatic heterocycles. The van der Waals surface area contributed by atoms with E-state index in [4.69, 9.17) is 16.3 Å². The molecule has 0 aliphatic rings. The van der Waals surface area contributed by atoms with E-state index >= 15 is 0 Å². The second kappa shape index (κ2) is 7.22. The zero-order chi connectivity index (χ0) is 16.1. The Bertz CT molecular complexity index is 662. The molecule has 1 unspecified atom stereocenters. The summed E-state index contributed by atoms with van der Waals surface area (Å²) in [5.41, 5.74) is 0.979. The number of amides is 1. The van der Waals surface area contributed by atoms with Gasteiger partial charge in [-0.1, -0.05) is 23.7 Å². The molecule has 0 aliphatic carbocycles. The first-order valence-electron chi connectivity index (χ1n) is 6.86. The molecule has 0 bridgehead atoms. The highest BCUT2D eigenvalue weighted by Crippen LogP contribution is 2.25. The summed E-state index contributed by atoms with van der Waals surface area (Å²) >= 11 is 6.01. The number of carbonyl (C=O) groups is 1. The number of hydrogen-bond acceptors (Lipinski definition) is 3. The molecular weight excluding hydrogens is 307 g/mol. The van der Waals surface area contributed by atoms with Crippen LogP contribution in [0.25, 0.3) is 0 Å². The highest BCUT2D eigenvalue weighted by atomic mass is 35.5. The van der Waals surface area contributed by atoms with Crippen molar-refractivity contribution >= 4 is 17.5 Å². The minimum absolute atomic E-state index is 0.0785. The highest BCUT2D eigenvalue weighted by Gasteiger charge is 2.20. The van der Waals surface area contributed by atoms with Crippen molar-refractivity contribution in [3.05, 3.63) is 58.6 Å². The van der Waals surface area contributed by atoms with Crippen molar-refractivity contribution in [3.63, 3.8) is 0 Å². The van der Waals surface area contributed by atoms with Gasteiger partial charge in [0.2, 0.25) is 0 Å². The summed E-state index contributed by atoms with van der Waals surface area (Å²) in [5, 5.41) is 2.88. The van der Waals surface area contributed by atoms with Gasteiger partial charge in [0, 0.05) is 6.20 Å². The molecular formula is C16H16ClFN2O2. The lowest BCUT2D eigenvalue weighted by Gasteiger charge is -2.16. The average Bonchev–Trinajstić information content (AvgIpc) is 2.48. The first kappa shape index (κ1) is 16.2. The number of hydrogen-bond donors (Lipinski definition) is 1. The van der Waals surface area contributed by atoms with Gasteiger partial charge < -0.3 is 10.1 Å². The first-order valence-corrected chi connectivity index (χ1v) is 7.24. The van der Waals surface area contributed by atoms with Crippen molar-refractivity contribution in [1.29, 1.82) is 0 Å². The molecule has 0 saturated carbocycles. The van der Waals surface area contributed by atoms with Gasteiger partial charge in [0.15, 0.2) is 0 Å². The van der Waals surface area contributed by atoms with Gasteiger partial charge in [-0.15, -0.1) is 0 Å². The lowest BCUT2D eigenvalue weighted by Crippen LogP contribution is -2.27. The zero-order valence-electron chi connectivity index (χ0n) is 12.3. The lowest BCUT2D eigenvalue weighted by molar-refractivity contribution is 0.0936. The van der Waals surface area contributed by atoms with Crippen LogP contribution >= 0.6 is 11.6 Å². The van der Waals surface area contributed by atoms with Crippen LogP contribution in [-0.4, -0.2) is 17.5 Å². The summed E-state index contributed by atoms with van der Waals surface area (Å²) in [7, 11) is 0. The predicted octanol–water partition coefficient (Wildman–Crippen LogP) is 3.76. The number of carbonyl (C=O) groups excluding carboxylic acids is 1. The number of rotatable bonds is 5.